The number of imidazole rings is 1. The summed E-state index contributed by atoms with van der Waals surface area (Å²) in [6.45, 7) is 0. The van der Waals surface area contributed by atoms with Crippen LogP contribution >= 0.6 is 11.5 Å². The van der Waals surface area contributed by atoms with Crippen molar-refractivity contribution in [3.05, 3.63) is 41.2 Å². The van der Waals surface area contributed by atoms with Gasteiger partial charge in [0.05, 0.1) is 23.7 Å². The van der Waals surface area contributed by atoms with Crippen molar-refractivity contribution in [1.82, 2.24) is 19.1 Å². The van der Waals surface area contributed by atoms with Gasteiger partial charge in [0.15, 0.2) is 5.78 Å². The molecule has 90 valence electrons. The summed E-state index contributed by atoms with van der Waals surface area (Å²) < 4.78 is 5.64. The van der Waals surface area contributed by atoms with Gasteiger partial charge in [-0.2, -0.15) is 0 Å². The van der Waals surface area contributed by atoms with Crippen molar-refractivity contribution in [2.45, 2.75) is 6.42 Å². The third-order valence-electron chi connectivity index (χ3n) is 2.83. The second-order valence-corrected chi connectivity index (χ2v) is 4.74. The molecule has 2 aromatic heterocycles. The number of hydrogen-bond donors (Lipinski definition) is 0. The highest BCUT2D eigenvalue weighted by atomic mass is 32.1. The molecular weight excluding hydrogens is 248 g/mol. The zero-order valence-electron chi connectivity index (χ0n) is 9.70. The van der Waals surface area contributed by atoms with Crippen LogP contribution in [0.1, 0.15) is 15.5 Å². The quantitative estimate of drug-likeness (QED) is 0.673. The van der Waals surface area contributed by atoms with Crippen molar-refractivity contribution in [1.29, 1.82) is 0 Å². The summed E-state index contributed by atoms with van der Waals surface area (Å²) in [5.74, 6) is 0.762. The van der Waals surface area contributed by atoms with E-state index in [4.69, 9.17) is 0 Å². The fourth-order valence-corrected chi connectivity index (χ4v) is 2.32. The molecule has 0 saturated carbocycles. The molecule has 5 nitrogen and oxygen atoms in total. The van der Waals surface area contributed by atoms with Gasteiger partial charge in [0, 0.05) is 7.05 Å². The summed E-state index contributed by atoms with van der Waals surface area (Å²) in [5, 5.41) is 3.67. The monoisotopic (exact) mass is 258 g/mol. The van der Waals surface area contributed by atoms with E-state index < -0.39 is 0 Å². The van der Waals surface area contributed by atoms with Gasteiger partial charge in [0.1, 0.15) is 10.7 Å². The van der Waals surface area contributed by atoms with Gasteiger partial charge in [-0.05, 0) is 23.7 Å². The highest BCUT2D eigenvalue weighted by Crippen LogP contribution is 2.16. The number of Topliss-reactive ketones (excluding diaryl/α,β-unsaturated/α-hetero) is 1. The topological polar surface area (TPSA) is 60.7 Å². The Morgan fingerprint density at radius 3 is 2.94 bits per heavy atom. The number of nitrogens with zero attached hydrogens (tertiary/aromatic N) is 4. The number of benzene rings is 1. The van der Waals surface area contributed by atoms with E-state index in [0.717, 1.165) is 28.4 Å². The first-order chi connectivity index (χ1) is 8.75. The largest absolute Gasteiger partial charge is 0.331 e. The second-order valence-electron chi connectivity index (χ2n) is 3.96. The minimum absolute atomic E-state index is 0.00315. The van der Waals surface area contributed by atoms with Crippen LogP contribution in [0.4, 0.5) is 0 Å². The van der Waals surface area contributed by atoms with Gasteiger partial charge in [-0.1, -0.05) is 16.6 Å². The maximum Gasteiger partial charge on any atom is 0.183 e. The number of aromatic nitrogens is 4. The van der Waals surface area contributed by atoms with Crippen molar-refractivity contribution in [2.75, 3.05) is 0 Å². The lowest BCUT2D eigenvalue weighted by Gasteiger charge is -1.99. The molecule has 0 fully saturated rings. The molecule has 0 aliphatic carbocycles. The molecule has 0 aliphatic heterocycles. The molecule has 0 aliphatic rings. The average Bonchev–Trinajstić information content (AvgIpc) is 3.00. The smallest absolute Gasteiger partial charge is 0.183 e. The van der Waals surface area contributed by atoms with Crippen LogP contribution in [-0.2, 0) is 13.5 Å². The maximum absolute atomic E-state index is 12.0. The number of rotatable bonds is 3. The lowest BCUT2D eigenvalue weighted by Crippen LogP contribution is -2.07. The summed E-state index contributed by atoms with van der Waals surface area (Å²) >= 11 is 1.12. The Morgan fingerprint density at radius 2 is 2.22 bits per heavy atom. The van der Waals surface area contributed by atoms with Crippen LogP contribution in [0.2, 0.25) is 0 Å². The first kappa shape index (κ1) is 11.0. The summed E-state index contributed by atoms with van der Waals surface area (Å²) in [4.78, 5) is 17.0. The number of ketones is 1. The van der Waals surface area contributed by atoms with Crippen LogP contribution < -0.4 is 0 Å². The van der Waals surface area contributed by atoms with Crippen LogP contribution in [0.5, 0.6) is 0 Å². The molecule has 0 amide bonds. The molecule has 0 bridgehead atoms. The predicted molar refractivity (Wildman–Crippen MR) is 68.7 cm³/mol. The maximum atomic E-state index is 12.0. The Kier molecular flexibility index (Phi) is 2.64. The van der Waals surface area contributed by atoms with Crippen LogP contribution in [-0.4, -0.2) is 24.9 Å². The van der Waals surface area contributed by atoms with Crippen molar-refractivity contribution < 1.29 is 4.79 Å². The van der Waals surface area contributed by atoms with Gasteiger partial charge in [-0.3, -0.25) is 4.79 Å². The van der Waals surface area contributed by atoms with E-state index in [0.29, 0.717) is 4.88 Å². The van der Waals surface area contributed by atoms with Gasteiger partial charge in [0.2, 0.25) is 0 Å². The fraction of sp³-hybridized carbons (Fsp3) is 0.167. The molecule has 0 atom stereocenters. The number of hydrogen-bond acceptors (Lipinski definition) is 5. The van der Waals surface area contributed by atoms with Crippen LogP contribution in [0, 0.1) is 0 Å². The Hall–Kier alpha value is -2.08. The standard InChI is InChI=1S/C12H10N4OS/c1-16-9-5-3-2-4-8(9)14-12(16)6-10(17)11-7-13-15-18-11/h2-5,7H,6H2,1H3. The van der Waals surface area contributed by atoms with Gasteiger partial charge < -0.3 is 4.57 Å². The Labute approximate surface area is 107 Å². The third kappa shape index (κ3) is 1.80. The van der Waals surface area contributed by atoms with Crippen LogP contribution in [0.15, 0.2) is 30.5 Å². The molecule has 6 heteroatoms. The third-order valence-corrected chi connectivity index (χ3v) is 3.54. The number of para-hydroxylation sites is 2. The van der Waals surface area contributed by atoms with Gasteiger partial charge >= 0.3 is 0 Å². The molecule has 3 rings (SSSR count). The highest BCUT2D eigenvalue weighted by molar-refractivity contribution is 7.07. The first-order valence-electron chi connectivity index (χ1n) is 5.46. The van der Waals surface area contributed by atoms with Gasteiger partial charge in [-0.25, -0.2) is 4.98 Å². The zero-order valence-corrected chi connectivity index (χ0v) is 10.5. The summed E-state index contributed by atoms with van der Waals surface area (Å²) in [7, 11) is 1.92. The van der Waals surface area contributed by atoms with E-state index in [-0.39, 0.29) is 12.2 Å². The number of carbonyl (C=O) groups is 1. The molecule has 0 saturated heterocycles. The van der Waals surface area contributed by atoms with Gasteiger partial charge in [-0.15, -0.1) is 5.10 Å². The molecule has 0 radical (unpaired) electrons. The van der Waals surface area contributed by atoms with Crippen molar-refractivity contribution >= 4 is 28.3 Å². The van der Waals surface area contributed by atoms with Crippen molar-refractivity contribution in [3.63, 3.8) is 0 Å². The number of carbonyl (C=O) groups excluding carboxylic acids is 1. The Bertz CT molecular complexity index is 702. The van der Waals surface area contributed by atoms with Crippen molar-refractivity contribution in [2.24, 2.45) is 7.05 Å². The fourth-order valence-electron chi connectivity index (χ4n) is 1.87. The summed E-state index contributed by atoms with van der Waals surface area (Å²) in [5.41, 5.74) is 1.94. The zero-order chi connectivity index (χ0) is 12.5. The second kappa shape index (κ2) is 4.30. The van der Waals surface area contributed by atoms with E-state index in [9.17, 15) is 4.79 Å². The molecular formula is C12H10N4OS. The van der Waals surface area contributed by atoms with E-state index in [1.165, 1.54) is 6.20 Å². The SMILES string of the molecule is Cn1c(CC(=O)c2cnns2)nc2ccccc21. The molecule has 0 spiro atoms. The lowest BCUT2D eigenvalue weighted by molar-refractivity contribution is 0.0994. The molecule has 3 aromatic rings. The summed E-state index contributed by atoms with van der Waals surface area (Å²) in [6, 6.07) is 7.83. The van der Waals surface area contributed by atoms with Crippen LogP contribution in [0.25, 0.3) is 11.0 Å². The molecule has 18 heavy (non-hydrogen) atoms. The predicted octanol–water partition coefficient (Wildman–Crippen LogP) is 1.85. The molecule has 1 aromatic carbocycles. The van der Waals surface area contributed by atoms with Crippen LogP contribution in [0.3, 0.4) is 0 Å². The van der Waals surface area contributed by atoms with E-state index in [1.807, 2.05) is 35.9 Å². The van der Waals surface area contributed by atoms with Crippen molar-refractivity contribution in [3.8, 4) is 0 Å². The lowest BCUT2D eigenvalue weighted by atomic mass is 10.2. The molecule has 0 unspecified atom stereocenters. The summed E-state index contributed by atoms with van der Waals surface area (Å²) in [6.07, 6.45) is 1.77. The van der Waals surface area contributed by atoms with E-state index in [1.54, 1.807) is 0 Å². The van der Waals surface area contributed by atoms with E-state index >= 15 is 0 Å². The number of aryl methyl sites for hydroxylation is 1. The Balaban J connectivity index is 1.96. The first-order valence-corrected chi connectivity index (χ1v) is 6.24. The minimum Gasteiger partial charge on any atom is -0.331 e. The minimum atomic E-state index is 0.00315. The number of fused-ring (bicyclic) bond motifs is 1. The highest BCUT2D eigenvalue weighted by Gasteiger charge is 2.14. The Morgan fingerprint density at radius 1 is 1.39 bits per heavy atom. The van der Waals surface area contributed by atoms with Gasteiger partial charge in [0.25, 0.3) is 0 Å². The molecule has 0 N–H and O–H groups in total. The molecule has 2 heterocycles. The van der Waals surface area contributed by atoms with E-state index in [2.05, 4.69) is 14.6 Å². The normalized spacial score (nSPS) is 10.9. The average molecular weight is 258 g/mol.